The zero-order valence-corrected chi connectivity index (χ0v) is 17.6. The number of halogens is 1. The van der Waals surface area contributed by atoms with Crippen LogP contribution < -0.4 is 20.5 Å². The molecule has 10 heteroatoms. The van der Waals surface area contributed by atoms with Gasteiger partial charge in [-0.1, -0.05) is 17.7 Å². The van der Waals surface area contributed by atoms with Gasteiger partial charge in [-0.2, -0.15) is 0 Å². The second-order valence-electron chi connectivity index (χ2n) is 7.05. The van der Waals surface area contributed by atoms with Gasteiger partial charge in [-0.25, -0.2) is 4.79 Å². The largest absolute Gasteiger partial charge is 0.489 e. The number of anilines is 1. The van der Waals surface area contributed by atoms with Crippen LogP contribution in [0.25, 0.3) is 5.69 Å². The van der Waals surface area contributed by atoms with Crippen LogP contribution in [0.1, 0.15) is 9.67 Å². The summed E-state index contributed by atoms with van der Waals surface area (Å²) in [6, 6.07) is 13.0. The number of aromatic nitrogens is 1. The van der Waals surface area contributed by atoms with Crippen LogP contribution in [0.15, 0.2) is 59.5 Å². The Morgan fingerprint density at radius 3 is 2.84 bits per heavy atom. The van der Waals surface area contributed by atoms with Gasteiger partial charge in [0, 0.05) is 18.3 Å². The van der Waals surface area contributed by atoms with Gasteiger partial charge in [-0.05, 0) is 30.3 Å². The third-order valence-electron chi connectivity index (χ3n) is 5.18. The number of rotatable bonds is 4. The molecule has 1 saturated heterocycles. The Kier molecular flexibility index (Phi) is 4.91. The van der Waals surface area contributed by atoms with Gasteiger partial charge in [0.2, 0.25) is 0 Å². The molecule has 2 aliphatic heterocycles. The molecule has 1 fully saturated rings. The van der Waals surface area contributed by atoms with E-state index >= 15 is 0 Å². The number of nitrogens with one attached hydrogen (secondary N) is 1. The first-order chi connectivity index (χ1) is 15.0. The van der Waals surface area contributed by atoms with E-state index in [1.165, 1.54) is 26.9 Å². The fraction of sp³-hybridized carbons (Fsp3) is 0.190. The minimum absolute atomic E-state index is 0.150. The minimum atomic E-state index is -0.559. The van der Waals surface area contributed by atoms with Gasteiger partial charge in [-0.15, -0.1) is 11.3 Å². The van der Waals surface area contributed by atoms with Gasteiger partial charge < -0.3 is 14.8 Å². The van der Waals surface area contributed by atoms with Crippen molar-refractivity contribution >= 4 is 40.6 Å². The quantitative estimate of drug-likeness (QED) is 0.650. The van der Waals surface area contributed by atoms with Gasteiger partial charge in [0.05, 0.1) is 27.1 Å². The molecule has 0 aliphatic carbocycles. The molecule has 1 N–H and O–H groups in total. The van der Waals surface area contributed by atoms with Gasteiger partial charge in [0.25, 0.3) is 11.5 Å². The van der Waals surface area contributed by atoms with E-state index in [1.807, 2.05) is 0 Å². The lowest BCUT2D eigenvalue weighted by Crippen LogP contribution is -2.47. The average Bonchev–Trinajstić information content (AvgIpc) is 3.35. The van der Waals surface area contributed by atoms with E-state index < -0.39 is 12.2 Å². The predicted octanol–water partition coefficient (Wildman–Crippen LogP) is 3.07. The number of fused-ring (bicyclic) bond motifs is 3. The van der Waals surface area contributed by atoms with Crippen LogP contribution in [0.4, 0.5) is 10.5 Å². The van der Waals surface area contributed by atoms with Crippen molar-refractivity contribution in [1.82, 2.24) is 9.88 Å². The lowest BCUT2D eigenvalue weighted by molar-refractivity contribution is 0.0890. The number of pyridine rings is 1. The zero-order valence-electron chi connectivity index (χ0n) is 16.0. The van der Waals surface area contributed by atoms with Crippen molar-refractivity contribution < 1.29 is 19.1 Å². The Bertz CT molecular complexity index is 1240. The van der Waals surface area contributed by atoms with Crippen molar-refractivity contribution in [3.63, 3.8) is 0 Å². The maximum Gasteiger partial charge on any atom is 0.415 e. The van der Waals surface area contributed by atoms with E-state index in [0.717, 1.165) is 0 Å². The molecule has 8 nitrogen and oxygen atoms in total. The first kappa shape index (κ1) is 19.7. The van der Waals surface area contributed by atoms with Crippen molar-refractivity contribution in [2.75, 3.05) is 18.1 Å². The standard InChI is InChI=1S/C21H16ClN3O5S/c22-18-7-6-17(31-18)20(27)23-10-16-14-11-29-15-9-12(24-8-2-1-3-19(24)26)4-5-13(15)25(14)21(28)30-16/h1-9,14,16H,10-11H2,(H,23,27)/t14-,16-/m0/s1. The highest BCUT2D eigenvalue weighted by molar-refractivity contribution is 7.18. The molecule has 0 bridgehead atoms. The van der Waals surface area contributed by atoms with Crippen molar-refractivity contribution in [2.24, 2.45) is 0 Å². The van der Waals surface area contributed by atoms with Gasteiger partial charge in [-0.3, -0.25) is 19.1 Å². The first-order valence-electron chi connectivity index (χ1n) is 9.49. The third kappa shape index (κ3) is 3.55. The molecule has 2 aromatic heterocycles. The summed E-state index contributed by atoms with van der Waals surface area (Å²) in [5.74, 6) is 0.209. The Balaban J connectivity index is 1.34. The number of cyclic esters (lactones) is 1. The Hall–Kier alpha value is -3.30. The molecule has 2 aliphatic rings. The van der Waals surface area contributed by atoms with Gasteiger partial charge >= 0.3 is 6.09 Å². The monoisotopic (exact) mass is 457 g/mol. The number of nitrogens with zero attached hydrogens (tertiary/aromatic N) is 2. The summed E-state index contributed by atoms with van der Waals surface area (Å²) in [5, 5.41) is 2.78. The number of ether oxygens (including phenoxy) is 2. The van der Waals surface area contributed by atoms with Crippen LogP contribution in [-0.2, 0) is 4.74 Å². The number of carbonyl (C=O) groups excluding carboxylic acids is 2. The van der Waals surface area contributed by atoms with Crippen molar-refractivity contribution in [3.05, 3.63) is 74.3 Å². The predicted molar refractivity (Wildman–Crippen MR) is 116 cm³/mol. The molecule has 158 valence electrons. The zero-order chi connectivity index (χ0) is 21.5. The Morgan fingerprint density at radius 2 is 2.06 bits per heavy atom. The lowest BCUT2D eigenvalue weighted by atomic mass is 10.1. The summed E-state index contributed by atoms with van der Waals surface area (Å²) in [6.07, 6.45) is 0.605. The number of thiophene rings is 1. The van der Waals surface area contributed by atoms with E-state index in [9.17, 15) is 14.4 Å². The lowest BCUT2D eigenvalue weighted by Gasteiger charge is -2.31. The van der Waals surface area contributed by atoms with Gasteiger partial charge in [0.1, 0.15) is 24.5 Å². The minimum Gasteiger partial charge on any atom is -0.489 e. The molecule has 1 aromatic carbocycles. The molecule has 0 radical (unpaired) electrons. The highest BCUT2D eigenvalue weighted by atomic mass is 35.5. The number of amides is 2. The van der Waals surface area contributed by atoms with Crippen molar-refractivity contribution in [3.8, 4) is 11.4 Å². The molecule has 31 heavy (non-hydrogen) atoms. The smallest absolute Gasteiger partial charge is 0.415 e. The first-order valence-corrected chi connectivity index (χ1v) is 10.7. The fourth-order valence-corrected chi connectivity index (χ4v) is 4.66. The second-order valence-corrected chi connectivity index (χ2v) is 8.76. The summed E-state index contributed by atoms with van der Waals surface area (Å²) < 4.78 is 13.4. The Morgan fingerprint density at radius 1 is 1.19 bits per heavy atom. The molecule has 0 unspecified atom stereocenters. The highest BCUT2D eigenvalue weighted by Crippen LogP contribution is 2.39. The van der Waals surface area contributed by atoms with E-state index in [2.05, 4.69) is 5.32 Å². The van der Waals surface area contributed by atoms with Crippen molar-refractivity contribution in [1.29, 1.82) is 0 Å². The number of carbonyl (C=O) groups is 2. The van der Waals surface area contributed by atoms with E-state index in [4.69, 9.17) is 21.1 Å². The van der Waals surface area contributed by atoms with Crippen LogP contribution in [0.2, 0.25) is 4.34 Å². The van der Waals surface area contributed by atoms with E-state index in [1.54, 1.807) is 48.7 Å². The Labute approximate surface area is 185 Å². The molecule has 2 amide bonds. The SMILES string of the molecule is O=C(NC[C@@H]1OC(=O)N2c3ccc(-n4ccccc4=O)cc3OC[C@@H]12)c1ccc(Cl)s1. The van der Waals surface area contributed by atoms with Crippen LogP contribution in [0.3, 0.4) is 0 Å². The molecule has 0 saturated carbocycles. The maximum absolute atomic E-state index is 12.6. The normalized spacial score (nSPS) is 19.3. The summed E-state index contributed by atoms with van der Waals surface area (Å²) in [6.45, 7) is 0.356. The van der Waals surface area contributed by atoms with Crippen LogP contribution >= 0.6 is 22.9 Å². The molecule has 4 heterocycles. The van der Waals surface area contributed by atoms with Crippen LogP contribution in [0.5, 0.6) is 5.75 Å². The third-order valence-corrected chi connectivity index (χ3v) is 6.41. The topological polar surface area (TPSA) is 89.9 Å². The molecule has 2 atom stereocenters. The molecule has 5 rings (SSSR count). The molecule has 3 aromatic rings. The maximum atomic E-state index is 12.6. The number of hydrogen-bond donors (Lipinski definition) is 1. The number of benzene rings is 1. The summed E-state index contributed by atoms with van der Waals surface area (Å²) in [7, 11) is 0. The van der Waals surface area contributed by atoms with E-state index in [-0.39, 0.29) is 30.7 Å². The van der Waals surface area contributed by atoms with Crippen molar-refractivity contribution in [2.45, 2.75) is 12.1 Å². The molecule has 0 spiro atoms. The van der Waals surface area contributed by atoms with Crippen LogP contribution in [-0.4, -0.2) is 41.9 Å². The summed E-state index contributed by atoms with van der Waals surface area (Å²) >= 11 is 7.05. The number of hydrogen-bond acceptors (Lipinski definition) is 6. The van der Waals surface area contributed by atoms with E-state index in [0.29, 0.717) is 26.3 Å². The van der Waals surface area contributed by atoms with Crippen LogP contribution in [0, 0.1) is 0 Å². The second kappa shape index (κ2) is 7.75. The highest BCUT2D eigenvalue weighted by Gasteiger charge is 2.46. The molecular weight excluding hydrogens is 442 g/mol. The summed E-state index contributed by atoms with van der Waals surface area (Å²) in [4.78, 5) is 39.0. The fourth-order valence-electron chi connectivity index (χ4n) is 3.70. The average molecular weight is 458 g/mol. The summed E-state index contributed by atoms with van der Waals surface area (Å²) in [5.41, 5.74) is 1.03. The van der Waals surface area contributed by atoms with Gasteiger partial charge in [0.15, 0.2) is 0 Å². The molecular formula is C21H16ClN3O5S.